The van der Waals surface area contributed by atoms with Gasteiger partial charge in [-0.2, -0.15) is 5.10 Å². The van der Waals surface area contributed by atoms with Crippen molar-refractivity contribution in [2.24, 2.45) is 15.3 Å². The zero-order valence-corrected chi connectivity index (χ0v) is 34.3. The van der Waals surface area contributed by atoms with Gasteiger partial charge in [0.1, 0.15) is 39.7 Å². The summed E-state index contributed by atoms with van der Waals surface area (Å²) in [5, 5.41) is 31.3. The van der Waals surface area contributed by atoms with Crippen LogP contribution in [0, 0.1) is 6.92 Å². The van der Waals surface area contributed by atoms with E-state index in [1.165, 1.54) is 41.5 Å². The SMILES string of the molecule is Cc1nc(N2N=C3N/C(=N\N=C4/CN(c5ccccc5)C5=C(C(=O)c6ccccc6C5=O)N4c4ccccc4)SC3C2c2ccccc2)sc1C(=O)c1coc2ccc(O)cc12. The summed E-state index contributed by atoms with van der Waals surface area (Å²) in [7, 11) is 0. The molecule has 15 heteroatoms. The number of anilines is 3. The number of phenols is 1. The Morgan fingerprint density at radius 2 is 1.48 bits per heavy atom. The molecule has 0 amide bonds. The maximum Gasteiger partial charge on any atom is 0.212 e. The average Bonchev–Trinajstić information content (AvgIpc) is 4.10. The highest BCUT2D eigenvalue weighted by Gasteiger charge is 2.47. The third-order valence-electron chi connectivity index (χ3n) is 11.1. The highest BCUT2D eigenvalue weighted by atomic mass is 32.2. The molecule has 11 rings (SSSR count). The zero-order valence-electron chi connectivity index (χ0n) is 32.7. The Bertz CT molecular complexity index is 3120. The van der Waals surface area contributed by atoms with E-state index in [1.807, 2.05) is 101 Å². The van der Waals surface area contributed by atoms with Gasteiger partial charge >= 0.3 is 0 Å². The number of hydrogen-bond donors (Lipinski definition) is 2. The summed E-state index contributed by atoms with van der Waals surface area (Å²) in [6.07, 6.45) is 1.41. The fraction of sp³-hybridized carbons (Fsp3) is 0.0851. The van der Waals surface area contributed by atoms with Gasteiger partial charge < -0.3 is 19.7 Å². The Hall–Kier alpha value is -7.62. The number of allylic oxidation sites excluding steroid dienone is 2. The minimum atomic E-state index is -0.327. The molecule has 2 N–H and O–H groups in total. The molecule has 5 aromatic carbocycles. The number of hydrazone groups is 1. The zero-order chi connectivity index (χ0) is 42.1. The smallest absolute Gasteiger partial charge is 0.212 e. The van der Waals surface area contributed by atoms with Gasteiger partial charge in [0.25, 0.3) is 0 Å². The number of carbonyl (C=O) groups excluding carboxylic acids is 3. The highest BCUT2D eigenvalue weighted by molar-refractivity contribution is 8.15. The third-order valence-corrected chi connectivity index (χ3v) is 13.4. The van der Waals surface area contributed by atoms with Gasteiger partial charge in [-0.15, -0.1) is 10.2 Å². The van der Waals surface area contributed by atoms with Crippen LogP contribution in [0.4, 0.5) is 16.5 Å². The number of aromatic hydroxyl groups is 1. The Labute approximate surface area is 362 Å². The van der Waals surface area contributed by atoms with Crippen LogP contribution in [-0.2, 0) is 0 Å². The summed E-state index contributed by atoms with van der Waals surface area (Å²) in [4.78, 5) is 51.8. The predicted molar refractivity (Wildman–Crippen MR) is 241 cm³/mol. The maximum atomic E-state index is 14.6. The molecule has 2 unspecified atom stereocenters. The molecule has 1 aliphatic carbocycles. The largest absolute Gasteiger partial charge is 0.508 e. The number of fused-ring (bicyclic) bond motifs is 3. The molecule has 2 aromatic heterocycles. The molecule has 0 bridgehead atoms. The molecule has 5 heterocycles. The molecule has 2 atom stereocenters. The van der Waals surface area contributed by atoms with Gasteiger partial charge in [-0.25, -0.2) is 9.99 Å². The van der Waals surface area contributed by atoms with Gasteiger partial charge in [0, 0.05) is 27.9 Å². The van der Waals surface area contributed by atoms with Crippen molar-refractivity contribution >= 4 is 84.8 Å². The van der Waals surface area contributed by atoms with Crippen molar-refractivity contribution < 1.29 is 23.9 Å². The predicted octanol–water partition coefficient (Wildman–Crippen LogP) is 8.70. The number of hydrogen-bond acceptors (Lipinski definition) is 13. The van der Waals surface area contributed by atoms with E-state index in [0.29, 0.717) is 65.9 Å². The van der Waals surface area contributed by atoms with Gasteiger partial charge in [0.05, 0.1) is 29.1 Å². The molecule has 3 aliphatic heterocycles. The van der Waals surface area contributed by atoms with E-state index in [2.05, 4.69) is 5.32 Å². The van der Waals surface area contributed by atoms with Crippen molar-refractivity contribution in [3.05, 3.63) is 184 Å². The topological polar surface area (TPSA) is 156 Å². The molecule has 0 spiro atoms. The van der Waals surface area contributed by atoms with Gasteiger partial charge in [-0.1, -0.05) is 114 Å². The number of phenolic OH excluding ortho intramolecular Hbond substituents is 1. The monoisotopic (exact) mass is 852 g/mol. The molecule has 1 saturated heterocycles. The van der Waals surface area contributed by atoms with Gasteiger partial charge in [0.2, 0.25) is 22.5 Å². The van der Waals surface area contributed by atoms with Gasteiger partial charge in [-0.3, -0.25) is 19.3 Å². The minimum absolute atomic E-state index is 0.0361. The molecule has 0 radical (unpaired) electrons. The highest BCUT2D eigenvalue weighted by Crippen LogP contribution is 2.46. The molecular weight excluding hydrogens is 821 g/mol. The van der Waals surface area contributed by atoms with E-state index < -0.39 is 0 Å². The lowest BCUT2D eigenvalue weighted by molar-refractivity contribution is 0.0970. The van der Waals surface area contributed by atoms with Crippen LogP contribution >= 0.6 is 23.1 Å². The molecule has 13 nitrogen and oxygen atoms in total. The first-order valence-corrected chi connectivity index (χ1v) is 21.4. The first-order valence-electron chi connectivity index (χ1n) is 19.7. The first kappa shape index (κ1) is 37.4. The molecule has 0 saturated carbocycles. The summed E-state index contributed by atoms with van der Waals surface area (Å²) < 4.78 is 5.64. The lowest BCUT2D eigenvalue weighted by Crippen LogP contribution is -2.52. The Kier molecular flexibility index (Phi) is 8.94. The quantitative estimate of drug-likeness (QED) is 0.117. The number of aromatic nitrogens is 1. The third kappa shape index (κ3) is 6.11. The first-order chi connectivity index (χ1) is 30.3. The average molecular weight is 853 g/mol. The number of rotatable bonds is 7. The van der Waals surface area contributed by atoms with Crippen LogP contribution in [0.1, 0.15) is 53.3 Å². The maximum absolute atomic E-state index is 14.6. The summed E-state index contributed by atoms with van der Waals surface area (Å²) >= 11 is 2.71. The van der Waals surface area contributed by atoms with Crippen molar-refractivity contribution in [3.63, 3.8) is 0 Å². The van der Waals surface area contributed by atoms with Gasteiger partial charge in [0.15, 0.2) is 11.0 Å². The summed E-state index contributed by atoms with van der Waals surface area (Å²) in [6, 6.07) is 40.1. The fourth-order valence-corrected chi connectivity index (χ4v) is 10.4. The van der Waals surface area contributed by atoms with Crippen LogP contribution in [-0.4, -0.2) is 56.1 Å². The fourth-order valence-electron chi connectivity index (χ4n) is 8.26. The molecular formula is C47H32N8O5S2. The number of nitrogens with one attached hydrogen (secondary N) is 1. The van der Waals surface area contributed by atoms with Crippen LogP contribution < -0.4 is 20.1 Å². The molecule has 62 heavy (non-hydrogen) atoms. The summed E-state index contributed by atoms with van der Waals surface area (Å²) in [6.45, 7) is 1.94. The second kappa shape index (κ2) is 14.8. The van der Waals surface area contributed by atoms with Crippen molar-refractivity contribution in [3.8, 4) is 5.75 Å². The lowest BCUT2D eigenvalue weighted by Gasteiger charge is -2.41. The van der Waals surface area contributed by atoms with E-state index in [-0.39, 0.29) is 52.3 Å². The van der Waals surface area contributed by atoms with Crippen LogP contribution in [0.15, 0.2) is 171 Å². The van der Waals surface area contributed by atoms with Crippen molar-refractivity contribution in [1.29, 1.82) is 0 Å². The number of nitrogens with zero attached hydrogens (tertiary/aromatic N) is 7. The van der Waals surface area contributed by atoms with E-state index >= 15 is 0 Å². The van der Waals surface area contributed by atoms with Crippen LogP contribution in [0.2, 0.25) is 0 Å². The molecule has 4 aliphatic rings. The number of Topliss-reactive ketones (excluding diaryl/α,β-unsaturated/α-hetero) is 2. The van der Waals surface area contributed by atoms with E-state index in [9.17, 15) is 19.5 Å². The number of ketones is 3. The number of thioether (sulfide) groups is 1. The summed E-state index contributed by atoms with van der Waals surface area (Å²) in [5.41, 5.74) is 4.93. The number of carbonyl (C=O) groups is 3. The second-order valence-corrected chi connectivity index (χ2v) is 16.9. The molecule has 1 fully saturated rings. The number of thiazole rings is 1. The number of furan rings is 1. The number of para-hydroxylation sites is 2. The Morgan fingerprint density at radius 3 is 2.21 bits per heavy atom. The minimum Gasteiger partial charge on any atom is -0.508 e. The van der Waals surface area contributed by atoms with Crippen LogP contribution in [0.25, 0.3) is 11.0 Å². The summed E-state index contributed by atoms with van der Waals surface area (Å²) in [5.74, 6) is 0.318. The van der Waals surface area contributed by atoms with Crippen molar-refractivity contribution in [1.82, 2.24) is 10.3 Å². The normalized spacial score (nSPS) is 19.6. The van der Waals surface area contributed by atoms with Crippen molar-refractivity contribution in [2.75, 3.05) is 21.4 Å². The standard InChI is InChI=1S/C47H32N8O5S2/c1-26-43(42(59)34-25-60-35-22-21-30(56)23-33(34)35)62-47(48-26)55-37(27-13-5-2-6-14-27)44-45(52-55)49-46(61-44)51-50-36-24-53(28-15-7-3-8-16-28)38-39(54(36)29-17-9-4-10-18-29)41(58)32-20-12-11-19-31(32)40(38)57/h2-23,25,37,44,56H,24H2,1H3,(H,49,51,52)/b50-36+. The second-order valence-electron chi connectivity index (χ2n) is 14.8. The Morgan fingerprint density at radius 1 is 0.823 bits per heavy atom. The number of aryl methyl sites for hydroxylation is 1. The molecule has 7 aromatic rings. The van der Waals surface area contributed by atoms with E-state index in [0.717, 1.165) is 11.3 Å². The Balaban J connectivity index is 0.969. The number of amidine groups is 3. The number of benzene rings is 5. The molecule has 302 valence electrons. The van der Waals surface area contributed by atoms with Crippen LogP contribution in [0.5, 0.6) is 5.75 Å². The van der Waals surface area contributed by atoms with Crippen LogP contribution in [0.3, 0.4) is 0 Å². The van der Waals surface area contributed by atoms with Crippen molar-refractivity contribution in [2.45, 2.75) is 18.2 Å². The van der Waals surface area contributed by atoms with Gasteiger partial charge in [-0.05, 0) is 55.0 Å². The lowest BCUT2D eigenvalue weighted by atomic mass is 9.87. The van der Waals surface area contributed by atoms with E-state index in [4.69, 9.17) is 24.7 Å². The van der Waals surface area contributed by atoms with E-state index in [1.54, 1.807) is 42.2 Å².